The first kappa shape index (κ1) is 31.5. The van der Waals surface area contributed by atoms with Crippen LogP contribution in [0.3, 0.4) is 0 Å². The number of hydrogen-bond donors (Lipinski definition) is 1. The summed E-state index contributed by atoms with van der Waals surface area (Å²) in [5, 5.41) is 8.78. The molecule has 0 saturated carbocycles. The van der Waals surface area contributed by atoms with Crippen LogP contribution in [0.25, 0.3) is 5.57 Å². The number of benzene rings is 2. The molecule has 3 aliphatic rings. The number of carboxylic acid groups (broad SMARTS) is 1. The van der Waals surface area contributed by atoms with Crippen molar-refractivity contribution in [2.75, 3.05) is 52.4 Å². The van der Waals surface area contributed by atoms with Crippen molar-refractivity contribution in [2.45, 2.75) is 70.6 Å². The van der Waals surface area contributed by atoms with Gasteiger partial charge in [0.2, 0.25) is 0 Å². The van der Waals surface area contributed by atoms with Crippen LogP contribution in [0.5, 0.6) is 5.75 Å². The second-order valence-electron chi connectivity index (χ2n) is 12.9. The molecule has 6 nitrogen and oxygen atoms in total. The first-order valence-electron chi connectivity index (χ1n) is 15.5. The molecule has 1 saturated heterocycles. The lowest BCUT2D eigenvalue weighted by Crippen LogP contribution is -2.47. The van der Waals surface area contributed by atoms with Crippen molar-refractivity contribution in [2.24, 2.45) is 0 Å². The summed E-state index contributed by atoms with van der Waals surface area (Å²) in [4.78, 5) is 17.2. The Bertz CT molecular complexity index is 1310. The van der Waals surface area contributed by atoms with Crippen LogP contribution in [0, 0.1) is 11.6 Å². The second kappa shape index (κ2) is 13.4. The number of alkyl halides is 1. The number of piperazine rings is 1. The van der Waals surface area contributed by atoms with E-state index in [-0.39, 0.29) is 30.3 Å². The fraction of sp³-hybridized carbons (Fsp3) is 0.559. The highest BCUT2D eigenvalue weighted by atomic mass is 19.1. The highest BCUT2D eigenvalue weighted by Crippen LogP contribution is 2.50. The largest absolute Gasteiger partial charge is 0.492 e. The van der Waals surface area contributed by atoms with Crippen LogP contribution in [-0.2, 0) is 11.2 Å². The molecular formula is C34H44F3N3O3. The summed E-state index contributed by atoms with van der Waals surface area (Å²) >= 11 is 0. The number of ether oxygens (including phenoxy) is 1. The summed E-state index contributed by atoms with van der Waals surface area (Å²) in [6.07, 6.45) is 3.08. The maximum atomic E-state index is 15.9. The van der Waals surface area contributed by atoms with Crippen LogP contribution < -0.4 is 4.74 Å². The fourth-order valence-corrected chi connectivity index (χ4v) is 6.89. The number of fused-ring (bicyclic) bond motifs is 2. The van der Waals surface area contributed by atoms with Gasteiger partial charge in [-0.2, -0.15) is 0 Å². The van der Waals surface area contributed by atoms with E-state index in [1.165, 1.54) is 26.0 Å². The van der Waals surface area contributed by atoms with E-state index in [9.17, 15) is 4.79 Å². The number of hydrogen-bond acceptors (Lipinski definition) is 5. The molecule has 0 spiro atoms. The standard InChI is InChI=1S/C34H44F3N3O3/c1-23-18-27-26-9-5-4-8-24(26)19-28(27)33(40(23)22-34(2,3)37)32-29(35)20-25(21-30(32)36)43-17-16-39-14-12-38(13-15-39)11-7-6-10-31(41)42/h4-5,8-9,20-21,23,33H,6-7,10-19,22H2,1-3H3,(H,41,42)/t23-,33+/m1/s1. The third-order valence-corrected chi connectivity index (χ3v) is 8.98. The lowest BCUT2D eigenvalue weighted by molar-refractivity contribution is -0.137. The van der Waals surface area contributed by atoms with Gasteiger partial charge in [-0.25, -0.2) is 13.2 Å². The average molecular weight is 600 g/mol. The zero-order valence-electron chi connectivity index (χ0n) is 25.6. The van der Waals surface area contributed by atoms with Crippen molar-refractivity contribution in [3.05, 3.63) is 70.3 Å². The van der Waals surface area contributed by atoms with Gasteiger partial charge in [-0.15, -0.1) is 0 Å². The van der Waals surface area contributed by atoms with Crippen LogP contribution in [-0.4, -0.2) is 89.9 Å². The maximum absolute atomic E-state index is 15.9. The molecule has 2 aliphatic heterocycles. The predicted molar refractivity (Wildman–Crippen MR) is 162 cm³/mol. The summed E-state index contributed by atoms with van der Waals surface area (Å²) in [6.45, 7) is 10.5. The van der Waals surface area contributed by atoms with E-state index >= 15 is 13.2 Å². The molecule has 5 rings (SSSR count). The van der Waals surface area contributed by atoms with E-state index in [0.29, 0.717) is 32.4 Å². The average Bonchev–Trinajstić information content (AvgIpc) is 3.30. The number of unbranched alkanes of at least 4 members (excludes halogenated alkanes) is 1. The van der Waals surface area contributed by atoms with Crippen molar-refractivity contribution in [1.29, 1.82) is 0 Å². The van der Waals surface area contributed by atoms with Gasteiger partial charge in [0.25, 0.3) is 0 Å². The molecule has 0 amide bonds. The smallest absolute Gasteiger partial charge is 0.303 e. The van der Waals surface area contributed by atoms with Crippen molar-refractivity contribution >= 4 is 11.5 Å². The number of aliphatic carboxylic acids is 1. The van der Waals surface area contributed by atoms with Crippen LogP contribution in [0.1, 0.15) is 69.2 Å². The molecule has 1 N–H and O–H groups in total. The first-order valence-corrected chi connectivity index (χ1v) is 15.5. The van der Waals surface area contributed by atoms with Gasteiger partial charge < -0.3 is 14.7 Å². The topological polar surface area (TPSA) is 56.3 Å². The summed E-state index contributed by atoms with van der Waals surface area (Å²) in [5.41, 5.74) is 2.79. The van der Waals surface area contributed by atoms with Crippen LogP contribution in [0.2, 0.25) is 0 Å². The SMILES string of the molecule is C[C@@H]1CC2=C(Cc3ccccc32)[C@@H](c2c(F)cc(OCCN3CCN(CCCCC(=O)O)CC3)cc2F)N1CC(C)(C)F. The van der Waals surface area contributed by atoms with Gasteiger partial charge in [0, 0.05) is 69.4 Å². The van der Waals surface area contributed by atoms with Crippen molar-refractivity contribution in [3.8, 4) is 5.75 Å². The molecule has 1 fully saturated rings. The number of carboxylic acids is 1. The van der Waals surface area contributed by atoms with E-state index in [1.807, 2.05) is 24.0 Å². The fourth-order valence-electron chi connectivity index (χ4n) is 6.89. The minimum Gasteiger partial charge on any atom is -0.492 e. The summed E-state index contributed by atoms with van der Waals surface area (Å²) in [7, 11) is 0. The summed E-state index contributed by atoms with van der Waals surface area (Å²) in [5.74, 6) is -1.94. The lowest BCUT2D eigenvalue weighted by atomic mass is 9.84. The van der Waals surface area contributed by atoms with Gasteiger partial charge in [0.1, 0.15) is 29.7 Å². The second-order valence-corrected chi connectivity index (χ2v) is 12.9. The minimum atomic E-state index is -1.53. The van der Waals surface area contributed by atoms with Crippen molar-refractivity contribution in [3.63, 3.8) is 0 Å². The monoisotopic (exact) mass is 599 g/mol. The van der Waals surface area contributed by atoms with Gasteiger partial charge >= 0.3 is 5.97 Å². The van der Waals surface area contributed by atoms with Crippen LogP contribution in [0.15, 0.2) is 42.0 Å². The summed E-state index contributed by atoms with van der Waals surface area (Å²) < 4.78 is 52.7. The Labute approximate surface area is 253 Å². The minimum absolute atomic E-state index is 0.0390. The van der Waals surface area contributed by atoms with Gasteiger partial charge in [0.05, 0.1) is 6.04 Å². The molecule has 2 aromatic rings. The number of rotatable bonds is 12. The van der Waals surface area contributed by atoms with Gasteiger partial charge in [0.15, 0.2) is 0 Å². The van der Waals surface area contributed by atoms with Crippen molar-refractivity contribution in [1.82, 2.24) is 14.7 Å². The normalized spacial score (nSPS) is 21.6. The van der Waals surface area contributed by atoms with Crippen molar-refractivity contribution < 1.29 is 27.8 Å². The Morgan fingerprint density at radius 1 is 1.02 bits per heavy atom. The number of nitrogens with zero attached hydrogens (tertiary/aromatic N) is 3. The molecule has 234 valence electrons. The molecule has 0 aromatic heterocycles. The predicted octanol–water partition coefficient (Wildman–Crippen LogP) is 6.11. The van der Waals surface area contributed by atoms with E-state index in [1.54, 1.807) is 0 Å². The molecule has 0 radical (unpaired) electrons. The lowest BCUT2D eigenvalue weighted by Gasteiger charge is -2.44. The molecule has 2 heterocycles. The molecule has 2 atom stereocenters. The van der Waals surface area contributed by atoms with Crippen LogP contribution >= 0.6 is 0 Å². The van der Waals surface area contributed by atoms with E-state index in [0.717, 1.165) is 61.4 Å². The number of carbonyl (C=O) groups is 1. The van der Waals surface area contributed by atoms with Gasteiger partial charge in [-0.05, 0) is 75.3 Å². The zero-order chi connectivity index (χ0) is 30.7. The van der Waals surface area contributed by atoms with Crippen LogP contribution in [0.4, 0.5) is 13.2 Å². The first-order chi connectivity index (χ1) is 20.5. The quantitative estimate of drug-likeness (QED) is 0.297. The Morgan fingerprint density at radius 3 is 2.33 bits per heavy atom. The highest BCUT2D eigenvalue weighted by Gasteiger charge is 2.43. The third kappa shape index (κ3) is 7.62. The van der Waals surface area contributed by atoms with E-state index in [4.69, 9.17) is 9.84 Å². The molecule has 43 heavy (non-hydrogen) atoms. The molecule has 9 heteroatoms. The highest BCUT2D eigenvalue weighted by molar-refractivity contribution is 5.79. The zero-order valence-corrected chi connectivity index (χ0v) is 25.6. The van der Waals surface area contributed by atoms with Gasteiger partial charge in [-0.3, -0.25) is 14.6 Å². The molecular weight excluding hydrogens is 555 g/mol. The van der Waals surface area contributed by atoms with E-state index in [2.05, 4.69) is 21.9 Å². The Hall–Kier alpha value is -2.88. The molecule has 1 aliphatic carbocycles. The number of halogens is 3. The molecule has 0 bridgehead atoms. The Balaban J connectivity index is 1.25. The Kier molecular flexibility index (Phi) is 9.83. The molecule has 0 unspecified atom stereocenters. The maximum Gasteiger partial charge on any atom is 0.303 e. The third-order valence-electron chi connectivity index (χ3n) is 8.98. The Morgan fingerprint density at radius 2 is 1.67 bits per heavy atom. The van der Waals surface area contributed by atoms with E-state index < -0.39 is 29.3 Å². The summed E-state index contributed by atoms with van der Waals surface area (Å²) in [6, 6.07) is 9.86. The molecule has 2 aromatic carbocycles. The van der Waals surface area contributed by atoms with Gasteiger partial charge in [-0.1, -0.05) is 24.3 Å².